The zero-order valence-corrected chi connectivity index (χ0v) is 33.8. The van der Waals surface area contributed by atoms with Gasteiger partial charge in [-0.25, -0.2) is 15.0 Å². The Morgan fingerprint density at radius 3 is 1.41 bits per heavy atom. The predicted octanol–water partition coefficient (Wildman–Crippen LogP) is 12.9. The molecule has 10 aromatic rings. The number of nitrogens with zero attached hydrogens (tertiary/aromatic N) is 6. The highest BCUT2D eigenvalue weighted by Crippen LogP contribution is 2.63. The number of nitriles is 1. The van der Waals surface area contributed by atoms with E-state index < -0.39 is 5.41 Å². The Bertz CT molecular complexity index is 3400. The highest BCUT2D eigenvalue weighted by atomic mass is 15.0. The Morgan fingerprint density at radius 1 is 0.333 bits per heavy atom. The molecule has 1 spiro atoms. The van der Waals surface area contributed by atoms with Crippen LogP contribution in [0.15, 0.2) is 207 Å². The van der Waals surface area contributed by atoms with E-state index in [4.69, 9.17) is 15.0 Å². The van der Waals surface area contributed by atoms with E-state index in [9.17, 15) is 5.26 Å². The Labute approximate surface area is 364 Å². The first-order valence-corrected chi connectivity index (χ1v) is 20.9. The summed E-state index contributed by atoms with van der Waals surface area (Å²) >= 11 is 0. The first kappa shape index (κ1) is 36.2. The molecule has 0 bridgehead atoms. The van der Waals surface area contributed by atoms with Crippen molar-refractivity contribution in [2.24, 2.45) is 0 Å². The molecule has 3 aromatic heterocycles. The Morgan fingerprint density at radius 2 is 0.794 bits per heavy atom. The number of rotatable bonds is 6. The van der Waals surface area contributed by atoms with Crippen LogP contribution in [0.5, 0.6) is 0 Å². The molecule has 0 amide bonds. The first-order chi connectivity index (χ1) is 31.2. The monoisotopic (exact) mass is 802 g/mol. The van der Waals surface area contributed by atoms with E-state index in [2.05, 4.69) is 149 Å². The maximum Gasteiger partial charge on any atom is 0.164 e. The molecule has 0 fully saturated rings. The van der Waals surface area contributed by atoms with Crippen molar-refractivity contribution in [3.05, 3.63) is 235 Å². The standard InChI is InChI=1S/C57H34N6/c58-33-36-18-24-48-49-25-23-40(32-53(49)57(52(48)28-36)50-16-6-4-14-46(50)47-15-5-7-17-51(47)57)43-29-44(42-13-9-27-60-35-42)31-45(30-43)56-62-54(38-10-2-1-3-11-38)61-55(63-56)39-21-19-37(20-22-39)41-12-8-26-59-34-41/h1-32,34-35H. The van der Waals surface area contributed by atoms with Crippen molar-refractivity contribution in [1.82, 2.24) is 24.9 Å². The van der Waals surface area contributed by atoms with Crippen LogP contribution >= 0.6 is 0 Å². The minimum absolute atomic E-state index is 0.565. The van der Waals surface area contributed by atoms with Crippen molar-refractivity contribution in [2.75, 3.05) is 0 Å². The van der Waals surface area contributed by atoms with E-state index in [1.54, 1.807) is 12.4 Å². The summed E-state index contributed by atoms with van der Waals surface area (Å²) in [5.74, 6) is 1.74. The lowest BCUT2D eigenvalue weighted by molar-refractivity contribution is 0.793. The SMILES string of the molecule is N#Cc1ccc2c(c1)C1(c3ccccc3-c3ccccc31)c1cc(-c3cc(-c4cccnc4)cc(-c4nc(-c5ccccc5)nc(-c5ccc(-c6cccnc6)cc5)n4)c3)ccc1-2. The summed E-state index contributed by atoms with van der Waals surface area (Å²) in [6.07, 6.45) is 7.34. The number of aromatic nitrogens is 5. The predicted molar refractivity (Wildman–Crippen MR) is 249 cm³/mol. The minimum atomic E-state index is -0.606. The molecule has 3 heterocycles. The lowest BCUT2D eigenvalue weighted by Gasteiger charge is -2.30. The van der Waals surface area contributed by atoms with Crippen LogP contribution in [0.3, 0.4) is 0 Å². The number of fused-ring (bicyclic) bond motifs is 10. The van der Waals surface area contributed by atoms with Crippen LogP contribution in [0, 0.1) is 11.3 Å². The number of hydrogen-bond acceptors (Lipinski definition) is 6. The van der Waals surface area contributed by atoms with E-state index in [1.807, 2.05) is 60.9 Å². The van der Waals surface area contributed by atoms with E-state index in [0.717, 1.165) is 66.8 Å². The summed E-state index contributed by atoms with van der Waals surface area (Å²) in [6, 6.07) is 65.9. The molecule has 6 nitrogen and oxygen atoms in total. The molecule has 0 N–H and O–H groups in total. The second kappa shape index (κ2) is 14.5. The summed E-state index contributed by atoms with van der Waals surface area (Å²) in [5, 5.41) is 10.2. The number of hydrogen-bond donors (Lipinski definition) is 0. The summed E-state index contributed by atoms with van der Waals surface area (Å²) in [7, 11) is 0. The molecular weight excluding hydrogens is 769 g/mol. The van der Waals surface area contributed by atoms with Crippen molar-refractivity contribution < 1.29 is 0 Å². The molecule has 63 heavy (non-hydrogen) atoms. The Balaban J connectivity index is 1.07. The highest BCUT2D eigenvalue weighted by molar-refractivity contribution is 5.96. The van der Waals surface area contributed by atoms with E-state index >= 15 is 0 Å². The highest BCUT2D eigenvalue weighted by Gasteiger charge is 2.51. The molecule has 0 radical (unpaired) electrons. The van der Waals surface area contributed by atoms with Gasteiger partial charge < -0.3 is 0 Å². The molecule has 7 aromatic carbocycles. The van der Waals surface area contributed by atoms with Gasteiger partial charge in [0.25, 0.3) is 0 Å². The molecule has 0 atom stereocenters. The van der Waals surface area contributed by atoms with Crippen LogP contribution in [-0.4, -0.2) is 24.9 Å². The lowest BCUT2D eigenvalue weighted by Crippen LogP contribution is -2.26. The third kappa shape index (κ3) is 5.83. The van der Waals surface area contributed by atoms with Crippen molar-refractivity contribution in [2.45, 2.75) is 5.41 Å². The van der Waals surface area contributed by atoms with E-state index in [-0.39, 0.29) is 0 Å². The van der Waals surface area contributed by atoms with Gasteiger partial charge in [-0.2, -0.15) is 5.26 Å². The lowest BCUT2D eigenvalue weighted by atomic mass is 9.70. The third-order valence-electron chi connectivity index (χ3n) is 12.5. The summed E-state index contributed by atoms with van der Waals surface area (Å²) in [4.78, 5) is 24.2. The topological polar surface area (TPSA) is 88.2 Å². The van der Waals surface area contributed by atoms with Gasteiger partial charge in [-0.05, 0) is 121 Å². The summed E-state index contributed by atoms with van der Waals surface area (Å²) in [5.41, 5.74) is 18.3. The van der Waals surface area contributed by atoms with E-state index in [1.165, 1.54) is 27.8 Å². The Hall–Kier alpha value is -8.66. The van der Waals surface area contributed by atoms with E-state index in [0.29, 0.717) is 23.0 Å². The molecule has 0 saturated carbocycles. The largest absolute Gasteiger partial charge is 0.264 e. The minimum Gasteiger partial charge on any atom is -0.264 e. The fraction of sp³-hybridized carbons (Fsp3) is 0.0175. The second-order valence-electron chi connectivity index (χ2n) is 16.0. The molecule has 6 heteroatoms. The van der Waals surface area contributed by atoms with Crippen LogP contribution in [0.1, 0.15) is 27.8 Å². The molecule has 2 aliphatic carbocycles. The van der Waals surface area contributed by atoms with Crippen LogP contribution in [0.4, 0.5) is 0 Å². The van der Waals surface area contributed by atoms with Gasteiger partial charge >= 0.3 is 0 Å². The fourth-order valence-electron chi connectivity index (χ4n) is 9.71. The Kier molecular flexibility index (Phi) is 8.34. The van der Waals surface area contributed by atoms with Gasteiger partial charge in [-0.15, -0.1) is 0 Å². The van der Waals surface area contributed by atoms with Gasteiger partial charge in [0.1, 0.15) is 0 Å². The fourth-order valence-corrected chi connectivity index (χ4v) is 9.71. The van der Waals surface area contributed by atoms with Crippen LogP contribution < -0.4 is 0 Å². The molecule has 2 aliphatic rings. The molecule has 292 valence electrons. The number of pyridine rings is 2. The quantitative estimate of drug-likeness (QED) is 0.166. The average molecular weight is 803 g/mol. The smallest absolute Gasteiger partial charge is 0.164 e. The summed E-state index contributed by atoms with van der Waals surface area (Å²) < 4.78 is 0. The zero-order chi connectivity index (χ0) is 41.9. The molecule has 12 rings (SSSR count). The summed E-state index contributed by atoms with van der Waals surface area (Å²) in [6.45, 7) is 0. The maximum absolute atomic E-state index is 10.2. The molecular formula is C57H34N6. The zero-order valence-electron chi connectivity index (χ0n) is 33.8. The van der Waals surface area contributed by atoms with Gasteiger partial charge in [-0.1, -0.05) is 133 Å². The third-order valence-corrected chi connectivity index (χ3v) is 12.5. The van der Waals surface area contributed by atoms with Crippen LogP contribution in [0.2, 0.25) is 0 Å². The van der Waals surface area contributed by atoms with Gasteiger partial charge in [0.15, 0.2) is 17.5 Å². The first-order valence-electron chi connectivity index (χ1n) is 20.9. The van der Waals surface area contributed by atoms with Crippen LogP contribution in [-0.2, 0) is 5.41 Å². The maximum atomic E-state index is 10.2. The van der Waals surface area contributed by atoms with Crippen molar-refractivity contribution in [1.29, 1.82) is 5.26 Å². The van der Waals surface area contributed by atoms with Gasteiger partial charge in [0.05, 0.1) is 17.0 Å². The molecule has 0 saturated heterocycles. The number of benzene rings is 7. The van der Waals surface area contributed by atoms with Crippen molar-refractivity contribution in [3.8, 4) is 95.9 Å². The van der Waals surface area contributed by atoms with Crippen molar-refractivity contribution >= 4 is 0 Å². The molecule has 0 unspecified atom stereocenters. The molecule has 0 aliphatic heterocycles. The van der Waals surface area contributed by atoms with Gasteiger partial charge in [0, 0.05) is 47.0 Å². The normalized spacial score (nSPS) is 12.6. The second-order valence-corrected chi connectivity index (χ2v) is 16.0. The van der Waals surface area contributed by atoms with Crippen molar-refractivity contribution in [3.63, 3.8) is 0 Å². The average Bonchev–Trinajstić information content (AvgIpc) is 3.83. The van der Waals surface area contributed by atoms with Crippen LogP contribution in [0.25, 0.3) is 89.8 Å². The van der Waals surface area contributed by atoms with Gasteiger partial charge in [0.2, 0.25) is 0 Å². The van der Waals surface area contributed by atoms with Gasteiger partial charge in [-0.3, -0.25) is 9.97 Å².